The van der Waals surface area contributed by atoms with Gasteiger partial charge in [0.05, 0.1) is 12.5 Å². The molecular formula is C32H47N3O6. The van der Waals surface area contributed by atoms with Crippen molar-refractivity contribution in [2.75, 3.05) is 33.2 Å². The molecule has 0 radical (unpaired) electrons. The monoisotopic (exact) mass is 569 g/mol. The summed E-state index contributed by atoms with van der Waals surface area (Å²) in [5, 5.41) is 21.9. The van der Waals surface area contributed by atoms with Crippen molar-refractivity contribution in [3.63, 3.8) is 0 Å². The van der Waals surface area contributed by atoms with Crippen LogP contribution in [0.25, 0.3) is 0 Å². The number of aromatic nitrogens is 1. The van der Waals surface area contributed by atoms with E-state index in [1.54, 1.807) is 24.1 Å². The van der Waals surface area contributed by atoms with Gasteiger partial charge in [-0.1, -0.05) is 44.2 Å². The summed E-state index contributed by atoms with van der Waals surface area (Å²) in [4.78, 5) is 34.1. The Morgan fingerprint density at radius 2 is 2.02 bits per heavy atom. The standard InChI is InChI=1S/C32H47N3O6/c1-23(27-12-6-7-17-33-27)10-8-11-24(2)30-25(3)13-14-28(32(4,39)16-15-26(36)22-29(37)41-30)40-31(38)35-19-9-18-34(5)20-21-35/h6-8,10-14,17,23,25-26,28,30,36,39H,9,15-16,18-22H2,1-5H3/b10-8+,14-13-,24-11+/t23-,25-,26-,28-,30+,32-/m0/s1. The third-order valence-electron chi connectivity index (χ3n) is 7.89. The molecule has 1 saturated heterocycles. The van der Waals surface area contributed by atoms with Gasteiger partial charge in [-0.15, -0.1) is 0 Å². The number of hydrogen-bond donors (Lipinski definition) is 2. The van der Waals surface area contributed by atoms with E-state index in [2.05, 4.69) is 16.8 Å². The summed E-state index contributed by atoms with van der Waals surface area (Å²) in [7, 11) is 2.03. The van der Waals surface area contributed by atoms with Crippen LogP contribution >= 0.6 is 0 Å². The molecule has 1 aromatic heterocycles. The highest BCUT2D eigenvalue weighted by Crippen LogP contribution is 2.27. The van der Waals surface area contributed by atoms with Gasteiger partial charge in [-0.05, 0) is 70.5 Å². The predicted molar refractivity (Wildman–Crippen MR) is 158 cm³/mol. The number of esters is 1. The molecule has 0 bridgehead atoms. The molecule has 2 N–H and O–H groups in total. The highest BCUT2D eigenvalue weighted by atomic mass is 16.6. The van der Waals surface area contributed by atoms with Crippen LogP contribution in [0.1, 0.15) is 65.0 Å². The summed E-state index contributed by atoms with van der Waals surface area (Å²) in [5.74, 6) is -0.693. The second-order valence-corrected chi connectivity index (χ2v) is 11.7. The van der Waals surface area contributed by atoms with Crippen molar-refractivity contribution in [3.8, 4) is 0 Å². The number of nitrogens with zero attached hydrogens (tertiary/aromatic N) is 3. The van der Waals surface area contributed by atoms with Gasteiger partial charge < -0.3 is 29.5 Å². The topological polar surface area (TPSA) is 112 Å². The molecule has 3 heterocycles. The van der Waals surface area contributed by atoms with E-state index in [0.717, 1.165) is 30.8 Å². The quantitative estimate of drug-likeness (QED) is 0.308. The maximum Gasteiger partial charge on any atom is 0.410 e. The first-order valence-electron chi connectivity index (χ1n) is 14.6. The summed E-state index contributed by atoms with van der Waals surface area (Å²) < 4.78 is 11.7. The number of ether oxygens (including phenoxy) is 2. The van der Waals surface area contributed by atoms with Crippen LogP contribution in [-0.4, -0.2) is 94.2 Å². The molecule has 1 amide bonds. The first-order valence-corrected chi connectivity index (χ1v) is 14.6. The summed E-state index contributed by atoms with van der Waals surface area (Å²) >= 11 is 0. The molecule has 1 aromatic rings. The molecule has 1 fully saturated rings. The second-order valence-electron chi connectivity index (χ2n) is 11.7. The molecule has 0 aromatic carbocycles. The first kappa shape index (κ1) is 32.5. The molecule has 41 heavy (non-hydrogen) atoms. The van der Waals surface area contributed by atoms with Gasteiger partial charge in [0.2, 0.25) is 0 Å². The van der Waals surface area contributed by atoms with Crippen molar-refractivity contribution in [2.45, 2.75) is 83.2 Å². The van der Waals surface area contributed by atoms with E-state index >= 15 is 0 Å². The van der Waals surface area contributed by atoms with Crippen molar-refractivity contribution in [1.82, 2.24) is 14.8 Å². The van der Waals surface area contributed by atoms with E-state index in [9.17, 15) is 19.8 Å². The van der Waals surface area contributed by atoms with E-state index in [-0.39, 0.29) is 31.1 Å². The number of rotatable bonds is 5. The lowest BCUT2D eigenvalue weighted by atomic mass is 9.88. The molecule has 9 nitrogen and oxygen atoms in total. The molecular weight excluding hydrogens is 522 g/mol. The first-order chi connectivity index (χ1) is 19.5. The van der Waals surface area contributed by atoms with E-state index in [4.69, 9.17) is 9.47 Å². The van der Waals surface area contributed by atoms with Crippen molar-refractivity contribution >= 4 is 12.1 Å². The Hall–Kier alpha value is -3.01. The van der Waals surface area contributed by atoms with E-state index in [0.29, 0.717) is 13.1 Å². The zero-order valence-corrected chi connectivity index (χ0v) is 25.1. The minimum absolute atomic E-state index is 0.105. The average molecular weight is 570 g/mol. The second kappa shape index (κ2) is 15.3. The third kappa shape index (κ3) is 10.1. The van der Waals surface area contributed by atoms with Crippen LogP contribution in [0, 0.1) is 5.92 Å². The fraction of sp³-hybridized carbons (Fsp3) is 0.594. The third-order valence-corrected chi connectivity index (χ3v) is 7.89. The minimum atomic E-state index is -1.44. The van der Waals surface area contributed by atoms with Crippen LogP contribution < -0.4 is 0 Å². The molecule has 0 unspecified atom stereocenters. The highest BCUT2D eigenvalue weighted by Gasteiger charge is 2.36. The SMILES string of the molecule is C/C(=C\C=C\[C@H](C)c1ccccn1)[C@H]1OC(=O)C[C@@H](O)CC[C@](C)(O)[C@@H](OC(=O)N2CCCN(C)CC2)/C=C\[C@@H]1C. The Morgan fingerprint density at radius 3 is 2.76 bits per heavy atom. The average Bonchev–Trinajstić information content (AvgIpc) is 3.16. The summed E-state index contributed by atoms with van der Waals surface area (Å²) in [6, 6.07) is 5.81. The zero-order chi connectivity index (χ0) is 30.0. The van der Waals surface area contributed by atoms with Gasteiger partial charge in [-0.3, -0.25) is 9.78 Å². The van der Waals surface area contributed by atoms with Crippen molar-refractivity contribution in [1.29, 1.82) is 0 Å². The fourth-order valence-corrected chi connectivity index (χ4v) is 5.08. The lowest BCUT2D eigenvalue weighted by Gasteiger charge is -2.34. The number of amides is 1. The smallest absolute Gasteiger partial charge is 0.410 e. The Labute approximate surface area is 244 Å². The fourth-order valence-electron chi connectivity index (χ4n) is 5.08. The van der Waals surface area contributed by atoms with Crippen molar-refractivity contribution < 1.29 is 29.3 Å². The maximum atomic E-state index is 13.1. The van der Waals surface area contributed by atoms with Gasteiger partial charge in [0.25, 0.3) is 0 Å². The van der Waals surface area contributed by atoms with Crippen LogP contribution in [0.5, 0.6) is 0 Å². The molecule has 9 heteroatoms. The molecule has 2 aliphatic heterocycles. The molecule has 226 valence electrons. The Kier molecular flexibility index (Phi) is 12.1. The molecule has 2 aliphatic rings. The number of carbonyl (C=O) groups excluding carboxylic acids is 2. The lowest BCUT2D eigenvalue weighted by Crippen LogP contribution is -2.45. The summed E-state index contributed by atoms with van der Waals surface area (Å²) in [5.41, 5.74) is 0.335. The van der Waals surface area contributed by atoms with Gasteiger partial charge >= 0.3 is 12.1 Å². The summed E-state index contributed by atoms with van der Waals surface area (Å²) in [6.07, 6.45) is 9.10. The molecule has 6 atom stereocenters. The molecule has 3 rings (SSSR count). The van der Waals surface area contributed by atoms with Gasteiger partial charge in [-0.2, -0.15) is 0 Å². The van der Waals surface area contributed by atoms with Crippen LogP contribution in [0.15, 0.2) is 60.3 Å². The minimum Gasteiger partial charge on any atom is -0.457 e. The van der Waals surface area contributed by atoms with Gasteiger partial charge in [0.15, 0.2) is 6.10 Å². The number of allylic oxidation sites excluding steroid dienone is 3. The number of cyclic esters (lactones) is 1. The van der Waals surface area contributed by atoms with Gasteiger partial charge in [0, 0.05) is 43.4 Å². The summed E-state index contributed by atoms with van der Waals surface area (Å²) in [6.45, 7) is 10.3. The number of aliphatic hydroxyl groups is 2. The Bertz CT molecular complexity index is 1090. The normalized spacial score (nSPS) is 31.0. The van der Waals surface area contributed by atoms with E-state index in [1.165, 1.54) is 0 Å². The predicted octanol–water partition coefficient (Wildman–Crippen LogP) is 4.23. The largest absolute Gasteiger partial charge is 0.457 e. The van der Waals surface area contributed by atoms with Crippen molar-refractivity contribution in [2.24, 2.45) is 5.92 Å². The number of likely N-dealkylation sites (N-methyl/N-ethyl adjacent to an activating group) is 1. The van der Waals surface area contributed by atoms with Crippen LogP contribution in [0.4, 0.5) is 4.79 Å². The van der Waals surface area contributed by atoms with Gasteiger partial charge in [-0.25, -0.2) is 4.79 Å². The molecule has 0 spiro atoms. The van der Waals surface area contributed by atoms with Crippen molar-refractivity contribution in [3.05, 3.63) is 66.0 Å². The van der Waals surface area contributed by atoms with Gasteiger partial charge in [0.1, 0.15) is 11.7 Å². The molecule has 0 aliphatic carbocycles. The van der Waals surface area contributed by atoms with Crippen LogP contribution in [0.3, 0.4) is 0 Å². The zero-order valence-electron chi connectivity index (χ0n) is 25.1. The molecule has 0 saturated carbocycles. The lowest BCUT2D eigenvalue weighted by molar-refractivity contribution is -0.151. The maximum absolute atomic E-state index is 13.1. The van der Waals surface area contributed by atoms with Crippen LogP contribution in [0.2, 0.25) is 0 Å². The number of carbonyl (C=O) groups is 2. The number of hydrogen-bond acceptors (Lipinski definition) is 8. The highest BCUT2D eigenvalue weighted by molar-refractivity contribution is 5.70. The Morgan fingerprint density at radius 1 is 1.24 bits per heavy atom. The number of aliphatic hydroxyl groups excluding tert-OH is 1. The number of pyridine rings is 1. The van der Waals surface area contributed by atoms with E-state index in [1.807, 2.05) is 63.4 Å². The van der Waals surface area contributed by atoms with Crippen LogP contribution in [-0.2, 0) is 14.3 Å². The Balaban J connectivity index is 1.81. The van der Waals surface area contributed by atoms with E-state index < -0.39 is 36.0 Å².